The summed E-state index contributed by atoms with van der Waals surface area (Å²) in [6.07, 6.45) is 3.61. The van der Waals surface area contributed by atoms with E-state index in [-0.39, 0.29) is 6.04 Å². The second-order valence-electron chi connectivity index (χ2n) is 3.84. The topological polar surface area (TPSA) is 67.5 Å². The van der Waals surface area contributed by atoms with Gasteiger partial charge in [-0.25, -0.2) is 4.79 Å². The minimum absolute atomic E-state index is 0.0947. The van der Waals surface area contributed by atoms with Crippen LogP contribution in [0.2, 0.25) is 0 Å². The monoisotopic (exact) mass is 231 g/mol. The Labute approximate surface area is 101 Å². The Morgan fingerprint density at radius 2 is 2.00 bits per heavy atom. The molecule has 0 aliphatic heterocycles. The Bertz CT molecular complexity index is 422. The lowest BCUT2D eigenvalue weighted by Crippen LogP contribution is -2.34. The lowest BCUT2D eigenvalue weighted by atomic mass is 10.2. The van der Waals surface area contributed by atoms with Crippen molar-refractivity contribution in [1.82, 2.24) is 5.32 Å². The Hall–Kier alpha value is -2.10. The maximum absolute atomic E-state index is 10.8. The predicted octanol–water partition coefficient (Wildman–Crippen LogP) is 2.17. The summed E-state index contributed by atoms with van der Waals surface area (Å²) in [6.45, 7) is 3.86. The highest BCUT2D eigenvalue weighted by molar-refractivity contribution is 6.05. The van der Waals surface area contributed by atoms with E-state index >= 15 is 0 Å². The van der Waals surface area contributed by atoms with Gasteiger partial charge in [-0.05, 0) is 25.5 Å². The van der Waals surface area contributed by atoms with Crippen LogP contribution in [0, 0.1) is 0 Å². The third kappa shape index (κ3) is 5.51. The molecule has 0 fully saturated rings. The van der Waals surface area contributed by atoms with Gasteiger partial charge in [-0.15, -0.1) is 0 Å². The first-order valence-electron chi connectivity index (χ1n) is 5.45. The molecule has 4 nitrogen and oxygen atoms in total. The molecule has 17 heavy (non-hydrogen) atoms. The highest BCUT2D eigenvalue weighted by Gasteiger charge is 1.99. The Balaban J connectivity index is 2.79. The molecule has 0 bridgehead atoms. The number of hydrogen-bond donors (Lipinski definition) is 2. The largest absolute Gasteiger partial charge is 0.351 e. The van der Waals surface area contributed by atoms with Gasteiger partial charge in [-0.3, -0.25) is 10.3 Å². The highest BCUT2D eigenvalue weighted by Crippen LogP contribution is 2.01. The maximum atomic E-state index is 10.8. The summed E-state index contributed by atoms with van der Waals surface area (Å²) in [5.74, 6) is 0.469. The molecule has 0 aliphatic rings. The Morgan fingerprint density at radius 1 is 1.35 bits per heavy atom. The highest BCUT2D eigenvalue weighted by atomic mass is 16.2. The lowest BCUT2D eigenvalue weighted by Gasteiger charge is -2.04. The smallest absolute Gasteiger partial charge is 0.317 e. The van der Waals surface area contributed by atoms with Gasteiger partial charge >= 0.3 is 6.03 Å². The zero-order chi connectivity index (χ0) is 12.7. The van der Waals surface area contributed by atoms with Crippen molar-refractivity contribution in [2.24, 2.45) is 10.7 Å². The van der Waals surface area contributed by atoms with Crippen LogP contribution in [-0.2, 0) is 0 Å². The molecule has 90 valence electrons. The van der Waals surface area contributed by atoms with Crippen LogP contribution in [0.1, 0.15) is 19.4 Å². The van der Waals surface area contributed by atoms with Crippen LogP contribution in [0.15, 0.2) is 41.4 Å². The molecule has 0 unspecified atom stereocenters. The Kier molecular flexibility index (Phi) is 4.94. The molecule has 4 heteroatoms. The standard InChI is InChI=1S/C13H17N3O/c1-10(2)15-12(16-13(14)17)9-8-11-6-4-3-5-7-11/h3-10H,1-2H3,(H3,14,15,16,17)/b9-8+. The summed E-state index contributed by atoms with van der Waals surface area (Å²) in [5.41, 5.74) is 6.11. The first-order valence-corrected chi connectivity index (χ1v) is 5.45. The zero-order valence-electron chi connectivity index (χ0n) is 10.1. The summed E-state index contributed by atoms with van der Waals surface area (Å²) in [6, 6.07) is 9.25. The van der Waals surface area contributed by atoms with E-state index in [0.29, 0.717) is 5.84 Å². The van der Waals surface area contributed by atoms with Gasteiger partial charge in [0.25, 0.3) is 0 Å². The van der Waals surface area contributed by atoms with Gasteiger partial charge in [-0.2, -0.15) is 0 Å². The normalized spacial score (nSPS) is 12.1. The summed E-state index contributed by atoms with van der Waals surface area (Å²) in [5, 5.41) is 2.48. The molecule has 0 spiro atoms. The van der Waals surface area contributed by atoms with Crippen molar-refractivity contribution in [3.63, 3.8) is 0 Å². The van der Waals surface area contributed by atoms with E-state index in [0.717, 1.165) is 5.56 Å². The number of amides is 2. The molecule has 0 heterocycles. The molecule has 1 aromatic rings. The van der Waals surface area contributed by atoms with Crippen molar-refractivity contribution in [1.29, 1.82) is 0 Å². The molecule has 3 N–H and O–H groups in total. The van der Waals surface area contributed by atoms with E-state index in [1.54, 1.807) is 6.08 Å². The van der Waals surface area contributed by atoms with E-state index < -0.39 is 6.03 Å². The quantitative estimate of drug-likeness (QED) is 0.607. The lowest BCUT2D eigenvalue weighted by molar-refractivity contribution is 0.253. The van der Waals surface area contributed by atoms with Gasteiger partial charge in [0, 0.05) is 6.04 Å². The number of hydrogen-bond acceptors (Lipinski definition) is 2. The van der Waals surface area contributed by atoms with E-state index in [9.17, 15) is 4.79 Å². The van der Waals surface area contributed by atoms with Crippen molar-refractivity contribution >= 4 is 17.9 Å². The average Bonchev–Trinajstić information content (AvgIpc) is 2.26. The number of urea groups is 1. The number of nitrogens with one attached hydrogen (secondary N) is 1. The number of rotatable bonds is 3. The number of nitrogens with zero attached hydrogens (tertiary/aromatic N) is 1. The fraction of sp³-hybridized carbons (Fsp3) is 0.231. The van der Waals surface area contributed by atoms with Crippen molar-refractivity contribution < 1.29 is 4.79 Å². The van der Waals surface area contributed by atoms with Crippen LogP contribution in [-0.4, -0.2) is 17.9 Å². The summed E-state index contributed by atoms with van der Waals surface area (Å²) in [4.78, 5) is 15.0. The fourth-order valence-electron chi connectivity index (χ4n) is 1.26. The van der Waals surface area contributed by atoms with Crippen LogP contribution >= 0.6 is 0 Å². The first-order chi connectivity index (χ1) is 8.08. The zero-order valence-corrected chi connectivity index (χ0v) is 10.1. The molecule has 0 aliphatic carbocycles. The second kappa shape index (κ2) is 6.48. The maximum Gasteiger partial charge on any atom is 0.317 e. The number of nitrogens with two attached hydrogens (primary N) is 1. The molecule has 2 amide bonds. The molecular formula is C13H17N3O. The van der Waals surface area contributed by atoms with Crippen LogP contribution < -0.4 is 11.1 Å². The van der Waals surface area contributed by atoms with Gasteiger partial charge in [-0.1, -0.05) is 36.4 Å². The summed E-state index contributed by atoms with van der Waals surface area (Å²) in [7, 11) is 0. The third-order valence-electron chi connectivity index (χ3n) is 1.88. The van der Waals surface area contributed by atoms with Gasteiger partial charge in [0.1, 0.15) is 5.84 Å². The predicted molar refractivity (Wildman–Crippen MR) is 70.8 cm³/mol. The Morgan fingerprint density at radius 3 is 2.53 bits per heavy atom. The van der Waals surface area contributed by atoms with Gasteiger partial charge in [0.15, 0.2) is 0 Å². The van der Waals surface area contributed by atoms with Crippen LogP contribution in [0.25, 0.3) is 6.08 Å². The number of primary amides is 1. The van der Waals surface area contributed by atoms with Crippen molar-refractivity contribution in [3.8, 4) is 0 Å². The van der Waals surface area contributed by atoms with Crippen molar-refractivity contribution in [3.05, 3.63) is 42.0 Å². The molecule has 0 radical (unpaired) electrons. The number of carbonyl (C=O) groups excluding carboxylic acids is 1. The van der Waals surface area contributed by atoms with E-state index in [1.165, 1.54) is 0 Å². The molecule has 0 saturated heterocycles. The fourth-order valence-corrected chi connectivity index (χ4v) is 1.26. The van der Waals surface area contributed by atoms with E-state index in [1.807, 2.05) is 50.3 Å². The molecule has 0 atom stereocenters. The van der Waals surface area contributed by atoms with Gasteiger partial charge in [0.2, 0.25) is 0 Å². The minimum Gasteiger partial charge on any atom is -0.351 e. The number of aliphatic imine (C=N–C) groups is 1. The van der Waals surface area contributed by atoms with Gasteiger partial charge < -0.3 is 5.73 Å². The number of carbonyl (C=O) groups is 1. The average molecular weight is 231 g/mol. The minimum atomic E-state index is -0.609. The molecule has 1 aromatic carbocycles. The van der Waals surface area contributed by atoms with E-state index in [2.05, 4.69) is 10.3 Å². The summed E-state index contributed by atoms with van der Waals surface area (Å²) >= 11 is 0. The SMILES string of the molecule is CC(C)N=C(/C=C/c1ccccc1)NC(N)=O. The number of amidine groups is 1. The molecule has 0 aromatic heterocycles. The van der Waals surface area contributed by atoms with E-state index in [4.69, 9.17) is 5.73 Å². The molecule has 0 saturated carbocycles. The van der Waals surface area contributed by atoms with Crippen molar-refractivity contribution in [2.75, 3.05) is 0 Å². The second-order valence-corrected chi connectivity index (χ2v) is 3.84. The molecule has 1 rings (SSSR count). The van der Waals surface area contributed by atoms with Crippen molar-refractivity contribution in [2.45, 2.75) is 19.9 Å². The van der Waals surface area contributed by atoms with Crippen LogP contribution in [0.3, 0.4) is 0 Å². The van der Waals surface area contributed by atoms with Gasteiger partial charge in [0.05, 0.1) is 0 Å². The third-order valence-corrected chi connectivity index (χ3v) is 1.88. The van der Waals surface area contributed by atoms with Crippen LogP contribution in [0.5, 0.6) is 0 Å². The first kappa shape index (κ1) is 13.0. The summed E-state index contributed by atoms with van der Waals surface area (Å²) < 4.78 is 0. The number of benzene rings is 1. The molecular weight excluding hydrogens is 214 g/mol. The van der Waals surface area contributed by atoms with Crippen LogP contribution in [0.4, 0.5) is 4.79 Å².